The van der Waals surface area contributed by atoms with Crippen molar-refractivity contribution in [2.75, 3.05) is 5.88 Å². The van der Waals surface area contributed by atoms with Crippen LogP contribution >= 0.6 is 11.6 Å². The lowest BCUT2D eigenvalue weighted by Crippen LogP contribution is -2.48. The van der Waals surface area contributed by atoms with E-state index in [1.807, 2.05) is 0 Å². The van der Waals surface area contributed by atoms with E-state index in [0.29, 0.717) is 11.3 Å². The Bertz CT molecular complexity index is 315. The molecule has 1 amide bonds. The molecule has 1 atom stereocenters. The van der Waals surface area contributed by atoms with Gasteiger partial charge in [-0.2, -0.15) is 0 Å². The Hall–Kier alpha value is -0.240. The molecule has 0 aromatic carbocycles. The van der Waals surface area contributed by atoms with Gasteiger partial charge in [0.15, 0.2) is 0 Å². The molecule has 0 aromatic rings. The largest absolute Gasteiger partial charge is 0.352 e. The van der Waals surface area contributed by atoms with E-state index in [9.17, 15) is 4.79 Å². The smallest absolute Gasteiger partial charge is 0.220 e. The molecule has 0 saturated heterocycles. The molecular weight excluding hydrogens is 258 g/mol. The van der Waals surface area contributed by atoms with Gasteiger partial charge in [-0.3, -0.25) is 4.79 Å². The maximum atomic E-state index is 12.3. The molecule has 1 N–H and O–H groups in total. The number of carbonyl (C=O) groups is 1. The van der Waals surface area contributed by atoms with Crippen LogP contribution < -0.4 is 5.32 Å². The number of hydrogen-bond donors (Lipinski definition) is 1. The molecular formula is C16H26ClNO. The Morgan fingerprint density at radius 1 is 1.21 bits per heavy atom. The number of rotatable bonds is 5. The molecule has 4 bridgehead atoms. The summed E-state index contributed by atoms with van der Waals surface area (Å²) < 4.78 is 0. The van der Waals surface area contributed by atoms with Crippen LogP contribution in [0.3, 0.4) is 0 Å². The number of nitrogens with one attached hydrogen (secondary N) is 1. The van der Waals surface area contributed by atoms with Gasteiger partial charge in [0.1, 0.15) is 0 Å². The fourth-order valence-electron chi connectivity index (χ4n) is 5.38. The van der Waals surface area contributed by atoms with E-state index in [0.717, 1.165) is 30.6 Å². The Balaban J connectivity index is 1.61. The van der Waals surface area contributed by atoms with Crippen LogP contribution in [-0.4, -0.2) is 17.8 Å². The minimum Gasteiger partial charge on any atom is -0.352 e. The zero-order valence-electron chi connectivity index (χ0n) is 12.0. The van der Waals surface area contributed by atoms with Crippen LogP contribution in [0, 0.1) is 23.2 Å². The molecule has 0 aliphatic heterocycles. The molecule has 0 spiro atoms. The van der Waals surface area contributed by atoms with Crippen LogP contribution in [0.2, 0.25) is 0 Å². The van der Waals surface area contributed by atoms with Crippen molar-refractivity contribution >= 4 is 17.5 Å². The Labute approximate surface area is 121 Å². The van der Waals surface area contributed by atoms with E-state index in [-0.39, 0.29) is 11.9 Å². The Morgan fingerprint density at radius 2 is 1.74 bits per heavy atom. The maximum Gasteiger partial charge on any atom is 0.220 e. The predicted octanol–water partition coefficient (Wildman–Crippen LogP) is 3.73. The molecule has 0 heterocycles. The third-order valence-electron chi connectivity index (χ3n) is 5.74. The Morgan fingerprint density at radius 3 is 2.16 bits per heavy atom. The van der Waals surface area contributed by atoms with Crippen molar-refractivity contribution in [1.82, 2.24) is 5.32 Å². The first-order valence-electron chi connectivity index (χ1n) is 7.98. The summed E-state index contributed by atoms with van der Waals surface area (Å²) in [5.74, 6) is 3.55. The van der Waals surface area contributed by atoms with Gasteiger partial charge in [-0.25, -0.2) is 0 Å². The van der Waals surface area contributed by atoms with Crippen molar-refractivity contribution in [2.45, 2.75) is 64.3 Å². The van der Waals surface area contributed by atoms with Crippen molar-refractivity contribution in [3.63, 3.8) is 0 Å². The zero-order chi connectivity index (χ0) is 13.5. The zero-order valence-corrected chi connectivity index (χ0v) is 12.7. The molecule has 0 aromatic heterocycles. The second-order valence-electron chi connectivity index (χ2n) is 7.42. The van der Waals surface area contributed by atoms with Crippen molar-refractivity contribution < 1.29 is 4.79 Å². The Kier molecular flexibility index (Phi) is 3.81. The SMILES string of the molecule is CCC(CCl)NC(=O)CC12CC3CC(CC(C3)C1)C2. The first kappa shape index (κ1) is 13.7. The van der Waals surface area contributed by atoms with E-state index in [1.54, 1.807) is 0 Å². The molecule has 2 nitrogen and oxygen atoms in total. The van der Waals surface area contributed by atoms with Crippen LogP contribution in [0.5, 0.6) is 0 Å². The molecule has 0 radical (unpaired) electrons. The van der Waals surface area contributed by atoms with E-state index in [2.05, 4.69) is 12.2 Å². The molecule has 4 saturated carbocycles. The molecule has 4 rings (SSSR count). The van der Waals surface area contributed by atoms with Gasteiger partial charge in [0, 0.05) is 18.3 Å². The standard InChI is InChI=1S/C16H26ClNO/c1-2-14(10-17)18-15(19)9-16-6-11-3-12(7-16)5-13(4-11)8-16/h11-14H,2-10H2,1H3,(H,18,19). The van der Waals surface area contributed by atoms with Crippen LogP contribution in [0.1, 0.15) is 58.3 Å². The third kappa shape index (κ3) is 2.79. The highest BCUT2D eigenvalue weighted by molar-refractivity contribution is 6.18. The van der Waals surface area contributed by atoms with Crippen LogP contribution in [0.25, 0.3) is 0 Å². The van der Waals surface area contributed by atoms with Crippen molar-refractivity contribution in [2.24, 2.45) is 23.2 Å². The van der Waals surface area contributed by atoms with E-state index < -0.39 is 0 Å². The predicted molar refractivity (Wildman–Crippen MR) is 78.2 cm³/mol. The monoisotopic (exact) mass is 283 g/mol. The fraction of sp³-hybridized carbons (Fsp3) is 0.938. The summed E-state index contributed by atoms with van der Waals surface area (Å²) in [5.41, 5.74) is 0.351. The highest BCUT2D eigenvalue weighted by Crippen LogP contribution is 2.61. The van der Waals surface area contributed by atoms with Gasteiger partial charge in [-0.1, -0.05) is 6.92 Å². The molecule has 3 heteroatoms. The fourth-order valence-corrected chi connectivity index (χ4v) is 5.67. The van der Waals surface area contributed by atoms with Crippen LogP contribution in [-0.2, 0) is 4.79 Å². The second-order valence-corrected chi connectivity index (χ2v) is 7.73. The highest BCUT2D eigenvalue weighted by Gasteiger charge is 2.51. The van der Waals surface area contributed by atoms with Gasteiger partial charge in [0.2, 0.25) is 5.91 Å². The number of alkyl halides is 1. The quantitative estimate of drug-likeness (QED) is 0.766. The van der Waals surface area contributed by atoms with E-state index in [1.165, 1.54) is 38.5 Å². The summed E-state index contributed by atoms with van der Waals surface area (Å²) in [7, 11) is 0. The summed E-state index contributed by atoms with van der Waals surface area (Å²) in [6.07, 6.45) is 9.94. The van der Waals surface area contributed by atoms with Gasteiger partial charge < -0.3 is 5.32 Å². The number of amides is 1. The summed E-state index contributed by atoms with van der Waals surface area (Å²) in [4.78, 5) is 12.3. The topological polar surface area (TPSA) is 29.1 Å². The van der Waals surface area contributed by atoms with Gasteiger partial charge in [-0.15, -0.1) is 11.6 Å². The van der Waals surface area contributed by atoms with Crippen LogP contribution in [0.15, 0.2) is 0 Å². The highest BCUT2D eigenvalue weighted by atomic mass is 35.5. The van der Waals surface area contributed by atoms with Gasteiger partial charge in [0.05, 0.1) is 0 Å². The molecule has 4 fully saturated rings. The lowest BCUT2D eigenvalue weighted by atomic mass is 9.49. The molecule has 19 heavy (non-hydrogen) atoms. The lowest BCUT2D eigenvalue weighted by Gasteiger charge is -2.56. The van der Waals surface area contributed by atoms with E-state index in [4.69, 9.17) is 11.6 Å². The summed E-state index contributed by atoms with van der Waals surface area (Å²) in [5, 5.41) is 3.12. The van der Waals surface area contributed by atoms with Crippen molar-refractivity contribution in [3.05, 3.63) is 0 Å². The first-order valence-corrected chi connectivity index (χ1v) is 8.51. The van der Waals surface area contributed by atoms with Gasteiger partial charge >= 0.3 is 0 Å². The normalized spacial score (nSPS) is 41.3. The number of halogens is 1. The number of carbonyl (C=O) groups excluding carboxylic acids is 1. The van der Waals surface area contributed by atoms with Crippen LogP contribution in [0.4, 0.5) is 0 Å². The average Bonchev–Trinajstić information content (AvgIpc) is 2.33. The molecule has 4 aliphatic rings. The molecule has 1 unspecified atom stereocenters. The number of hydrogen-bond acceptors (Lipinski definition) is 1. The summed E-state index contributed by atoms with van der Waals surface area (Å²) in [6.45, 7) is 2.08. The average molecular weight is 284 g/mol. The first-order chi connectivity index (χ1) is 9.12. The molecule has 108 valence electrons. The minimum atomic E-state index is 0.156. The summed E-state index contributed by atoms with van der Waals surface area (Å²) >= 11 is 5.87. The van der Waals surface area contributed by atoms with E-state index >= 15 is 0 Å². The minimum absolute atomic E-state index is 0.156. The van der Waals surface area contributed by atoms with Gasteiger partial charge in [-0.05, 0) is 68.1 Å². The second kappa shape index (κ2) is 5.27. The maximum absolute atomic E-state index is 12.3. The van der Waals surface area contributed by atoms with Gasteiger partial charge in [0.25, 0.3) is 0 Å². The summed E-state index contributed by atoms with van der Waals surface area (Å²) in [6, 6.07) is 0.156. The molecule has 4 aliphatic carbocycles. The lowest BCUT2D eigenvalue weighted by molar-refractivity contribution is -0.130. The van der Waals surface area contributed by atoms with Crippen molar-refractivity contribution in [1.29, 1.82) is 0 Å². The van der Waals surface area contributed by atoms with Crippen molar-refractivity contribution in [3.8, 4) is 0 Å². The third-order valence-corrected chi connectivity index (χ3v) is 6.12.